The average Bonchev–Trinajstić information content (AvgIpc) is 2.41. The molecule has 0 spiro atoms. The molecule has 2 rings (SSSR count). The first kappa shape index (κ1) is 13.9. The third-order valence-electron chi connectivity index (χ3n) is 5.68. The summed E-state index contributed by atoms with van der Waals surface area (Å²) in [6, 6.07) is 2.65. The first-order chi connectivity index (χ1) is 8.69. The van der Waals surface area contributed by atoms with Gasteiger partial charge in [0, 0.05) is 0 Å². The Bertz CT molecular complexity index is 285. The van der Waals surface area contributed by atoms with E-state index in [1.54, 1.807) is 0 Å². The van der Waals surface area contributed by atoms with Crippen LogP contribution in [0.25, 0.3) is 0 Å². The SMILES string of the molecule is CCCC1(C#N)CCC(C2CCC(C)CC2)CC1. The summed E-state index contributed by atoms with van der Waals surface area (Å²) >= 11 is 0. The van der Waals surface area contributed by atoms with Crippen LogP contribution in [0.3, 0.4) is 0 Å². The van der Waals surface area contributed by atoms with Crippen LogP contribution in [-0.2, 0) is 0 Å². The van der Waals surface area contributed by atoms with E-state index in [2.05, 4.69) is 19.9 Å². The second-order valence-corrected chi connectivity index (χ2v) is 7.00. The minimum absolute atomic E-state index is 0.0488. The van der Waals surface area contributed by atoms with Crippen molar-refractivity contribution in [3.8, 4) is 6.07 Å². The van der Waals surface area contributed by atoms with Gasteiger partial charge in [-0.2, -0.15) is 5.26 Å². The average molecular weight is 247 g/mol. The molecule has 2 aliphatic rings. The van der Waals surface area contributed by atoms with E-state index in [4.69, 9.17) is 0 Å². The Morgan fingerprint density at radius 2 is 1.56 bits per heavy atom. The van der Waals surface area contributed by atoms with Crippen molar-refractivity contribution in [1.29, 1.82) is 5.26 Å². The molecule has 0 aromatic heterocycles. The van der Waals surface area contributed by atoms with Gasteiger partial charge in [0.2, 0.25) is 0 Å². The Hall–Kier alpha value is -0.510. The Morgan fingerprint density at radius 3 is 2.06 bits per heavy atom. The third kappa shape index (κ3) is 3.08. The lowest BCUT2D eigenvalue weighted by Crippen LogP contribution is -2.30. The molecular weight excluding hydrogens is 218 g/mol. The summed E-state index contributed by atoms with van der Waals surface area (Å²) in [6.45, 7) is 4.62. The summed E-state index contributed by atoms with van der Waals surface area (Å²) in [5, 5.41) is 9.45. The van der Waals surface area contributed by atoms with Gasteiger partial charge in [0.05, 0.1) is 11.5 Å². The number of hydrogen-bond acceptors (Lipinski definition) is 1. The Kier molecular flexibility index (Phi) is 4.71. The summed E-state index contributed by atoms with van der Waals surface area (Å²) in [5.74, 6) is 2.89. The molecule has 0 saturated heterocycles. The second-order valence-electron chi connectivity index (χ2n) is 7.00. The molecule has 1 heteroatoms. The standard InChI is InChI=1S/C17H29N/c1-3-10-17(13-18)11-8-16(9-12-17)15-6-4-14(2)5-7-15/h14-16H,3-12H2,1-2H3. The van der Waals surface area contributed by atoms with E-state index < -0.39 is 0 Å². The van der Waals surface area contributed by atoms with Gasteiger partial charge in [-0.25, -0.2) is 0 Å². The van der Waals surface area contributed by atoms with Crippen LogP contribution >= 0.6 is 0 Å². The molecule has 0 amide bonds. The fourth-order valence-electron chi connectivity index (χ4n) is 4.32. The van der Waals surface area contributed by atoms with Gasteiger partial charge in [0.1, 0.15) is 0 Å². The zero-order chi connectivity index (χ0) is 13.0. The van der Waals surface area contributed by atoms with Crippen LogP contribution in [0.4, 0.5) is 0 Å². The van der Waals surface area contributed by atoms with Crippen molar-refractivity contribution in [2.75, 3.05) is 0 Å². The van der Waals surface area contributed by atoms with Gasteiger partial charge in [-0.1, -0.05) is 33.1 Å². The van der Waals surface area contributed by atoms with Crippen molar-refractivity contribution < 1.29 is 0 Å². The lowest BCUT2D eigenvalue weighted by Gasteiger charge is -2.40. The molecule has 0 aromatic rings. The van der Waals surface area contributed by atoms with Crippen molar-refractivity contribution in [1.82, 2.24) is 0 Å². The van der Waals surface area contributed by atoms with Gasteiger partial charge < -0.3 is 0 Å². The van der Waals surface area contributed by atoms with E-state index in [9.17, 15) is 5.26 Å². The topological polar surface area (TPSA) is 23.8 Å². The highest BCUT2D eigenvalue weighted by molar-refractivity contribution is 5.02. The zero-order valence-electron chi connectivity index (χ0n) is 12.3. The molecule has 2 saturated carbocycles. The van der Waals surface area contributed by atoms with E-state index in [0.717, 1.165) is 24.2 Å². The third-order valence-corrected chi connectivity index (χ3v) is 5.68. The number of nitrogens with zero attached hydrogens (tertiary/aromatic N) is 1. The Balaban J connectivity index is 1.84. The maximum Gasteiger partial charge on any atom is 0.0689 e. The van der Waals surface area contributed by atoms with Gasteiger partial charge >= 0.3 is 0 Å². The monoisotopic (exact) mass is 247 g/mol. The van der Waals surface area contributed by atoms with Crippen molar-refractivity contribution >= 4 is 0 Å². The molecule has 0 radical (unpaired) electrons. The van der Waals surface area contributed by atoms with Gasteiger partial charge in [-0.15, -0.1) is 0 Å². The van der Waals surface area contributed by atoms with Crippen LogP contribution < -0.4 is 0 Å². The molecule has 0 aromatic carbocycles. The molecule has 18 heavy (non-hydrogen) atoms. The molecule has 2 fully saturated rings. The van der Waals surface area contributed by atoms with Gasteiger partial charge in [-0.3, -0.25) is 0 Å². The molecule has 0 unspecified atom stereocenters. The molecule has 0 N–H and O–H groups in total. The first-order valence-electron chi connectivity index (χ1n) is 8.10. The van der Waals surface area contributed by atoms with Gasteiger partial charge in [-0.05, 0) is 62.7 Å². The molecule has 0 heterocycles. The first-order valence-corrected chi connectivity index (χ1v) is 8.10. The summed E-state index contributed by atoms with van der Waals surface area (Å²) in [7, 11) is 0. The van der Waals surface area contributed by atoms with E-state index in [1.165, 1.54) is 57.8 Å². The molecule has 2 aliphatic carbocycles. The van der Waals surface area contributed by atoms with Crippen LogP contribution in [0.5, 0.6) is 0 Å². The largest absolute Gasteiger partial charge is 0.198 e. The predicted molar refractivity (Wildman–Crippen MR) is 76.0 cm³/mol. The van der Waals surface area contributed by atoms with Crippen molar-refractivity contribution in [2.24, 2.45) is 23.2 Å². The lowest BCUT2D eigenvalue weighted by molar-refractivity contribution is 0.120. The fraction of sp³-hybridized carbons (Fsp3) is 0.941. The smallest absolute Gasteiger partial charge is 0.0689 e. The Morgan fingerprint density at radius 1 is 1.00 bits per heavy atom. The number of rotatable bonds is 3. The van der Waals surface area contributed by atoms with Crippen molar-refractivity contribution in [2.45, 2.75) is 78.1 Å². The van der Waals surface area contributed by atoms with Crippen molar-refractivity contribution in [3.05, 3.63) is 0 Å². The van der Waals surface area contributed by atoms with Crippen molar-refractivity contribution in [3.63, 3.8) is 0 Å². The molecule has 1 nitrogen and oxygen atoms in total. The highest BCUT2D eigenvalue weighted by atomic mass is 14.4. The highest BCUT2D eigenvalue weighted by Crippen LogP contribution is 2.47. The number of nitriles is 1. The van der Waals surface area contributed by atoms with E-state index in [0.29, 0.717) is 0 Å². The zero-order valence-corrected chi connectivity index (χ0v) is 12.3. The quantitative estimate of drug-likeness (QED) is 0.662. The molecule has 0 atom stereocenters. The summed E-state index contributed by atoms with van der Waals surface area (Å²) < 4.78 is 0. The second kappa shape index (κ2) is 6.09. The number of hydrogen-bond donors (Lipinski definition) is 0. The van der Waals surface area contributed by atoms with Crippen LogP contribution in [-0.4, -0.2) is 0 Å². The van der Waals surface area contributed by atoms with Crippen LogP contribution in [0, 0.1) is 34.5 Å². The molecule has 0 aliphatic heterocycles. The van der Waals surface area contributed by atoms with E-state index >= 15 is 0 Å². The van der Waals surface area contributed by atoms with Crippen LogP contribution in [0.2, 0.25) is 0 Å². The summed E-state index contributed by atoms with van der Waals surface area (Å²) in [6.07, 6.45) is 13.1. The van der Waals surface area contributed by atoms with Crippen LogP contribution in [0.1, 0.15) is 78.1 Å². The van der Waals surface area contributed by atoms with Crippen LogP contribution in [0.15, 0.2) is 0 Å². The maximum atomic E-state index is 9.45. The summed E-state index contributed by atoms with van der Waals surface area (Å²) in [5.41, 5.74) is 0.0488. The minimum atomic E-state index is 0.0488. The normalized spacial score (nSPS) is 41.3. The highest BCUT2D eigenvalue weighted by Gasteiger charge is 2.37. The molecular formula is C17H29N. The summed E-state index contributed by atoms with van der Waals surface area (Å²) in [4.78, 5) is 0. The maximum absolute atomic E-state index is 9.45. The minimum Gasteiger partial charge on any atom is -0.198 e. The molecule has 0 bridgehead atoms. The van der Waals surface area contributed by atoms with Gasteiger partial charge in [0.15, 0.2) is 0 Å². The molecule has 102 valence electrons. The van der Waals surface area contributed by atoms with E-state index in [-0.39, 0.29) is 5.41 Å². The van der Waals surface area contributed by atoms with Gasteiger partial charge in [0.25, 0.3) is 0 Å². The predicted octanol–water partition coefficient (Wildman–Crippen LogP) is 5.31. The Labute approximate surface area is 113 Å². The fourth-order valence-corrected chi connectivity index (χ4v) is 4.32. The lowest BCUT2D eigenvalue weighted by atomic mass is 9.64. The van der Waals surface area contributed by atoms with E-state index in [1.807, 2.05) is 0 Å².